The standard InChI is InChI=1S/C10H10BrNO/c1-6(12)7-5-13-9-4-2-3-8(11)10(7)9/h2-6H,12H2,1H3. The van der Waals surface area contributed by atoms with Crippen molar-refractivity contribution in [2.45, 2.75) is 13.0 Å². The lowest BCUT2D eigenvalue weighted by Crippen LogP contribution is -2.03. The smallest absolute Gasteiger partial charge is 0.135 e. The third-order valence-corrected chi connectivity index (χ3v) is 2.73. The van der Waals surface area contributed by atoms with E-state index in [1.807, 2.05) is 25.1 Å². The van der Waals surface area contributed by atoms with Gasteiger partial charge in [0.1, 0.15) is 5.58 Å². The van der Waals surface area contributed by atoms with E-state index in [9.17, 15) is 0 Å². The Morgan fingerprint density at radius 1 is 1.46 bits per heavy atom. The summed E-state index contributed by atoms with van der Waals surface area (Å²) in [5.74, 6) is 0. The van der Waals surface area contributed by atoms with Crippen LogP contribution in [0.4, 0.5) is 0 Å². The van der Waals surface area contributed by atoms with Crippen LogP contribution in [0, 0.1) is 0 Å². The average molecular weight is 240 g/mol. The van der Waals surface area contributed by atoms with Gasteiger partial charge in [0.05, 0.1) is 6.26 Å². The predicted molar refractivity (Wildman–Crippen MR) is 56.5 cm³/mol. The van der Waals surface area contributed by atoms with Crippen molar-refractivity contribution in [2.24, 2.45) is 5.73 Å². The van der Waals surface area contributed by atoms with E-state index in [4.69, 9.17) is 10.2 Å². The molecule has 0 aliphatic rings. The molecule has 2 nitrogen and oxygen atoms in total. The largest absolute Gasteiger partial charge is 0.464 e. The fourth-order valence-electron chi connectivity index (χ4n) is 1.40. The SMILES string of the molecule is CC(N)c1coc2cccc(Br)c12. The third kappa shape index (κ3) is 1.38. The summed E-state index contributed by atoms with van der Waals surface area (Å²) in [5, 5.41) is 1.08. The van der Waals surface area contributed by atoms with Crippen LogP contribution in [-0.4, -0.2) is 0 Å². The summed E-state index contributed by atoms with van der Waals surface area (Å²) in [5.41, 5.74) is 7.73. The minimum atomic E-state index is -0.0000463. The van der Waals surface area contributed by atoms with Gasteiger partial charge in [-0.1, -0.05) is 22.0 Å². The van der Waals surface area contributed by atoms with Crippen LogP contribution in [0.25, 0.3) is 11.0 Å². The zero-order valence-corrected chi connectivity index (χ0v) is 8.84. The highest BCUT2D eigenvalue weighted by Gasteiger charge is 2.11. The first-order valence-corrected chi connectivity index (χ1v) is 4.90. The molecule has 0 aliphatic carbocycles. The minimum absolute atomic E-state index is 0.0000463. The molecule has 1 heterocycles. The van der Waals surface area contributed by atoms with Crippen LogP contribution in [0.5, 0.6) is 0 Å². The summed E-state index contributed by atoms with van der Waals surface area (Å²) in [6.07, 6.45) is 1.72. The summed E-state index contributed by atoms with van der Waals surface area (Å²) >= 11 is 3.48. The molecule has 1 atom stereocenters. The van der Waals surface area contributed by atoms with E-state index in [0.717, 1.165) is 21.0 Å². The first-order valence-electron chi connectivity index (χ1n) is 4.11. The van der Waals surface area contributed by atoms with Gasteiger partial charge in [-0.25, -0.2) is 0 Å². The maximum absolute atomic E-state index is 5.81. The lowest BCUT2D eigenvalue weighted by molar-refractivity contribution is 0.605. The molecular weight excluding hydrogens is 230 g/mol. The van der Waals surface area contributed by atoms with Crippen LogP contribution in [0.2, 0.25) is 0 Å². The highest BCUT2D eigenvalue weighted by Crippen LogP contribution is 2.31. The van der Waals surface area contributed by atoms with Gasteiger partial charge in [-0.05, 0) is 19.1 Å². The van der Waals surface area contributed by atoms with Crippen LogP contribution >= 0.6 is 15.9 Å². The van der Waals surface area contributed by atoms with Gasteiger partial charge in [-0.3, -0.25) is 0 Å². The quantitative estimate of drug-likeness (QED) is 0.831. The Kier molecular flexibility index (Phi) is 2.14. The molecule has 68 valence electrons. The van der Waals surface area contributed by atoms with Gasteiger partial charge in [0.25, 0.3) is 0 Å². The van der Waals surface area contributed by atoms with Crippen LogP contribution in [0.3, 0.4) is 0 Å². The van der Waals surface area contributed by atoms with Crippen LogP contribution < -0.4 is 5.73 Å². The van der Waals surface area contributed by atoms with Crippen molar-refractivity contribution in [3.8, 4) is 0 Å². The van der Waals surface area contributed by atoms with Crippen molar-refractivity contribution in [1.29, 1.82) is 0 Å². The number of halogens is 1. The summed E-state index contributed by atoms with van der Waals surface area (Å²) < 4.78 is 6.41. The molecule has 0 saturated heterocycles. The Morgan fingerprint density at radius 3 is 2.92 bits per heavy atom. The van der Waals surface area contributed by atoms with Crippen molar-refractivity contribution >= 4 is 26.9 Å². The molecule has 0 amide bonds. The van der Waals surface area contributed by atoms with Gasteiger partial charge in [0, 0.05) is 21.5 Å². The summed E-state index contributed by atoms with van der Waals surface area (Å²) in [7, 11) is 0. The van der Waals surface area contributed by atoms with Gasteiger partial charge in [0.2, 0.25) is 0 Å². The fourth-order valence-corrected chi connectivity index (χ4v) is 1.98. The van der Waals surface area contributed by atoms with Gasteiger partial charge in [0.15, 0.2) is 0 Å². The van der Waals surface area contributed by atoms with Crippen LogP contribution in [0.15, 0.2) is 33.4 Å². The topological polar surface area (TPSA) is 39.2 Å². The molecule has 1 aromatic carbocycles. The minimum Gasteiger partial charge on any atom is -0.464 e. The molecular formula is C10H10BrNO. The average Bonchev–Trinajstić information content (AvgIpc) is 2.49. The van der Waals surface area contributed by atoms with Crippen molar-refractivity contribution in [3.63, 3.8) is 0 Å². The summed E-state index contributed by atoms with van der Waals surface area (Å²) in [6, 6.07) is 5.87. The fraction of sp³-hybridized carbons (Fsp3) is 0.200. The monoisotopic (exact) mass is 239 g/mol. The Hall–Kier alpha value is -0.800. The Morgan fingerprint density at radius 2 is 2.23 bits per heavy atom. The molecule has 1 unspecified atom stereocenters. The molecule has 0 saturated carbocycles. The zero-order valence-electron chi connectivity index (χ0n) is 7.25. The van der Waals surface area contributed by atoms with Crippen molar-refractivity contribution in [2.75, 3.05) is 0 Å². The lowest BCUT2D eigenvalue weighted by Gasteiger charge is -2.02. The predicted octanol–water partition coefficient (Wildman–Crippen LogP) is 3.22. The van der Waals surface area contributed by atoms with E-state index in [1.54, 1.807) is 6.26 Å². The van der Waals surface area contributed by atoms with E-state index < -0.39 is 0 Å². The molecule has 2 rings (SSSR count). The molecule has 0 aliphatic heterocycles. The zero-order chi connectivity index (χ0) is 9.42. The van der Waals surface area contributed by atoms with Gasteiger partial charge in [-0.2, -0.15) is 0 Å². The van der Waals surface area contributed by atoms with E-state index in [1.165, 1.54) is 0 Å². The maximum atomic E-state index is 5.81. The molecule has 1 aromatic heterocycles. The number of nitrogens with two attached hydrogens (primary N) is 1. The molecule has 2 aromatic rings. The second-order valence-corrected chi connectivity index (χ2v) is 3.95. The van der Waals surface area contributed by atoms with Crippen LogP contribution in [-0.2, 0) is 0 Å². The molecule has 2 N–H and O–H groups in total. The number of furan rings is 1. The third-order valence-electron chi connectivity index (χ3n) is 2.07. The lowest BCUT2D eigenvalue weighted by atomic mass is 10.1. The van der Waals surface area contributed by atoms with E-state index in [0.29, 0.717) is 0 Å². The Bertz CT molecular complexity index is 433. The highest BCUT2D eigenvalue weighted by atomic mass is 79.9. The van der Waals surface area contributed by atoms with Gasteiger partial charge in [-0.15, -0.1) is 0 Å². The first-order chi connectivity index (χ1) is 6.20. The number of fused-ring (bicyclic) bond motifs is 1. The number of hydrogen-bond donors (Lipinski definition) is 1. The normalized spacial score (nSPS) is 13.5. The van der Waals surface area contributed by atoms with Crippen molar-refractivity contribution in [3.05, 3.63) is 34.5 Å². The van der Waals surface area contributed by atoms with Gasteiger partial charge >= 0.3 is 0 Å². The number of benzene rings is 1. The Balaban J connectivity index is 2.79. The molecule has 0 bridgehead atoms. The van der Waals surface area contributed by atoms with Crippen molar-refractivity contribution < 1.29 is 4.42 Å². The van der Waals surface area contributed by atoms with E-state index in [2.05, 4.69) is 15.9 Å². The van der Waals surface area contributed by atoms with Crippen LogP contribution in [0.1, 0.15) is 18.5 Å². The molecule has 0 spiro atoms. The summed E-state index contributed by atoms with van der Waals surface area (Å²) in [4.78, 5) is 0. The highest BCUT2D eigenvalue weighted by molar-refractivity contribution is 9.10. The van der Waals surface area contributed by atoms with E-state index >= 15 is 0 Å². The second kappa shape index (κ2) is 3.16. The van der Waals surface area contributed by atoms with E-state index in [-0.39, 0.29) is 6.04 Å². The second-order valence-electron chi connectivity index (χ2n) is 3.09. The molecule has 0 radical (unpaired) electrons. The van der Waals surface area contributed by atoms with Crippen molar-refractivity contribution in [1.82, 2.24) is 0 Å². The molecule has 3 heteroatoms. The Labute approximate surface area is 84.8 Å². The summed E-state index contributed by atoms with van der Waals surface area (Å²) in [6.45, 7) is 1.95. The number of rotatable bonds is 1. The van der Waals surface area contributed by atoms with Gasteiger partial charge < -0.3 is 10.2 Å². The maximum Gasteiger partial charge on any atom is 0.135 e. The molecule has 0 fully saturated rings. The molecule has 13 heavy (non-hydrogen) atoms. The number of hydrogen-bond acceptors (Lipinski definition) is 2. The first kappa shape index (κ1) is 8.78.